The van der Waals surface area contributed by atoms with Crippen LogP contribution in [0.4, 0.5) is 11.4 Å². The maximum atomic E-state index is 13.5. The van der Waals surface area contributed by atoms with Crippen LogP contribution in [0.25, 0.3) is 6.08 Å². The Hall–Kier alpha value is -2.95. The van der Waals surface area contributed by atoms with E-state index in [2.05, 4.69) is 6.08 Å². The second-order valence-electron chi connectivity index (χ2n) is 8.49. The molecular formula is C27H27Cl2N3O. The van der Waals surface area contributed by atoms with Gasteiger partial charge >= 0.3 is 0 Å². The highest BCUT2D eigenvalue weighted by Gasteiger charge is 2.28. The van der Waals surface area contributed by atoms with Crippen molar-refractivity contribution in [3.05, 3.63) is 98.5 Å². The minimum Gasteiger partial charge on any atom is -0.398 e. The van der Waals surface area contributed by atoms with Crippen molar-refractivity contribution in [1.82, 2.24) is 4.90 Å². The Morgan fingerprint density at radius 2 is 1.76 bits per heavy atom. The third-order valence-electron chi connectivity index (χ3n) is 6.25. The molecule has 0 bridgehead atoms. The van der Waals surface area contributed by atoms with Crippen LogP contribution in [-0.2, 0) is 0 Å². The number of nitrogens with two attached hydrogens (primary N) is 2. The van der Waals surface area contributed by atoms with Crippen LogP contribution < -0.4 is 11.5 Å². The summed E-state index contributed by atoms with van der Waals surface area (Å²) in [6.45, 7) is 3.12. The molecule has 1 fully saturated rings. The predicted octanol–water partition coefficient (Wildman–Crippen LogP) is 6.57. The number of amides is 1. The summed E-state index contributed by atoms with van der Waals surface area (Å²) in [7, 11) is 0. The molecule has 170 valence electrons. The number of halogens is 2. The van der Waals surface area contributed by atoms with Crippen LogP contribution >= 0.6 is 23.2 Å². The monoisotopic (exact) mass is 479 g/mol. The molecule has 1 amide bonds. The normalized spacial score (nSPS) is 17.7. The molecule has 1 saturated heterocycles. The van der Waals surface area contributed by atoms with Gasteiger partial charge in [0.05, 0.1) is 5.56 Å². The smallest absolute Gasteiger partial charge is 0.255 e. The van der Waals surface area contributed by atoms with Gasteiger partial charge in [-0.1, -0.05) is 65.2 Å². The Balaban J connectivity index is 1.73. The Morgan fingerprint density at radius 1 is 1.03 bits per heavy atom. The van der Waals surface area contributed by atoms with Crippen LogP contribution in [0.15, 0.2) is 66.2 Å². The Labute approximate surface area is 204 Å². The molecule has 4 rings (SSSR count). The van der Waals surface area contributed by atoms with Crippen molar-refractivity contribution in [3.8, 4) is 0 Å². The Kier molecular flexibility index (Phi) is 6.96. The second-order valence-corrected chi connectivity index (χ2v) is 9.36. The van der Waals surface area contributed by atoms with Crippen LogP contribution in [0.3, 0.4) is 0 Å². The van der Waals surface area contributed by atoms with E-state index in [0.29, 0.717) is 40.1 Å². The van der Waals surface area contributed by atoms with Crippen LogP contribution in [-0.4, -0.2) is 23.9 Å². The number of rotatable bonds is 3. The molecule has 0 spiro atoms. The first-order chi connectivity index (χ1) is 15.8. The summed E-state index contributed by atoms with van der Waals surface area (Å²) in [5.41, 5.74) is 18.4. The van der Waals surface area contributed by atoms with Gasteiger partial charge in [-0.15, -0.1) is 0 Å². The third-order valence-corrected chi connectivity index (χ3v) is 6.73. The summed E-state index contributed by atoms with van der Waals surface area (Å²) in [4.78, 5) is 15.4. The molecule has 3 aromatic carbocycles. The Bertz CT molecular complexity index is 1200. The van der Waals surface area contributed by atoms with E-state index >= 15 is 0 Å². The van der Waals surface area contributed by atoms with Gasteiger partial charge in [-0.2, -0.15) is 0 Å². The van der Waals surface area contributed by atoms with Gasteiger partial charge in [0, 0.05) is 40.4 Å². The van der Waals surface area contributed by atoms with Crippen molar-refractivity contribution in [2.24, 2.45) is 0 Å². The van der Waals surface area contributed by atoms with Crippen molar-refractivity contribution in [2.45, 2.75) is 25.7 Å². The van der Waals surface area contributed by atoms with Gasteiger partial charge in [0.2, 0.25) is 0 Å². The quantitative estimate of drug-likeness (QED) is 0.417. The number of benzene rings is 3. The summed E-state index contributed by atoms with van der Waals surface area (Å²) < 4.78 is 0. The number of nitrogens with zero attached hydrogens (tertiary/aromatic N) is 1. The van der Waals surface area contributed by atoms with Crippen molar-refractivity contribution >= 4 is 46.6 Å². The molecular weight excluding hydrogens is 453 g/mol. The first kappa shape index (κ1) is 23.2. The topological polar surface area (TPSA) is 72.3 Å². The molecule has 1 heterocycles. The highest BCUT2D eigenvalue weighted by atomic mass is 35.5. The number of hydrogen-bond donors (Lipinski definition) is 2. The van der Waals surface area contributed by atoms with Gasteiger partial charge in [-0.25, -0.2) is 0 Å². The number of aryl methyl sites for hydroxylation is 1. The van der Waals surface area contributed by atoms with E-state index in [1.165, 1.54) is 5.57 Å². The van der Waals surface area contributed by atoms with Crippen molar-refractivity contribution in [3.63, 3.8) is 0 Å². The lowest BCUT2D eigenvalue weighted by Crippen LogP contribution is -2.34. The summed E-state index contributed by atoms with van der Waals surface area (Å²) in [5.74, 6) is -0.0303. The highest BCUT2D eigenvalue weighted by molar-refractivity contribution is 6.31. The largest absolute Gasteiger partial charge is 0.398 e. The second kappa shape index (κ2) is 9.90. The fourth-order valence-electron chi connectivity index (χ4n) is 4.36. The fraction of sp³-hybridized carbons (Fsp3) is 0.222. The van der Waals surface area contributed by atoms with Gasteiger partial charge in [0.25, 0.3) is 5.91 Å². The third kappa shape index (κ3) is 5.18. The number of para-hydroxylation sites is 1. The van der Waals surface area contributed by atoms with Crippen LogP contribution in [0, 0.1) is 6.92 Å². The molecule has 1 aliphatic rings. The van der Waals surface area contributed by atoms with Crippen molar-refractivity contribution in [1.29, 1.82) is 0 Å². The number of likely N-dealkylation sites (tertiary alicyclic amines) is 1. The van der Waals surface area contributed by atoms with E-state index in [0.717, 1.165) is 29.5 Å². The number of nitrogen functional groups attached to an aromatic ring is 2. The lowest BCUT2D eigenvalue weighted by molar-refractivity contribution is 0.0757. The molecule has 1 unspecified atom stereocenters. The number of hydrogen-bond acceptors (Lipinski definition) is 3. The first-order valence-corrected chi connectivity index (χ1v) is 11.7. The maximum absolute atomic E-state index is 13.5. The van der Waals surface area contributed by atoms with Gasteiger partial charge in [0.15, 0.2) is 0 Å². The van der Waals surface area contributed by atoms with Gasteiger partial charge in [-0.05, 0) is 66.8 Å². The zero-order valence-corrected chi connectivity index (χ0v) is 20.0. The van der Waals surface area contributed by atoms with E-state index in [-0.39, 0.29) is 11.8 Å². The lowest BCUT2D eigenvalue weighted by atomic mass is 9.87. The first-order valence-electron chi connectivity index (χ1n) is 11.0. The average molecular weight is 480 g/mol. The van der Waals surface area contributed by atoms with Gasteiger partial charge < -0.3 is 16.4 Å². The number of carbonyl (C=O) groups is 1. The SMILES string of the molecule is Cc1cccc(C(=O)N2CCC/C(=C/c3ccc(Cl)cc3N)C(c3ccc(Cl)cc3)C2)c1N. The van der Waals surface area contributed by atoms with E-state index in [4.69, 9.17) is 34.7 Å². The number of anilines is 2. The minimum absolute atomic E-state index is 0.00910. The molecule has 4 nitrogen and oxygen atoms in total. The zero-order chi connectivity index (χ0) is 23.5. The zero-order valence-electron chi connectivity index (χ0n) is 18.5. The molecule has 1 aliphatic heterocycles. The molecule has 3 aromatic rings. The Morgan fingerprint density at radius 3 is 2.48 bits per heavy atom. The van der Waals surface area contributed by atoms with E-state index in [1.54, 1.807) is 12.1 Å². The minimum atomic E-state index is -0.0394. The summed E-state index contributed by atoms with van der Waals surface area (Å²) in [6, 6.07) is 19.0. The van der Waals surface area contributed by atoms with Gasteiger partial charge in [0.1, 0.15) is 0 Å². The molecule has 0 aromatic heterocycles. The van der Waals surface area contributed by atoms with Crippen LogP contribution in [0.2, 0.25) is 10.0 Å². The molecule has 6 heteroatoms. The van der Waals surface area contributed by atoms with Crippen molar-refractivity contribution in [2.75, 3.05) is 24.6 Å². The average Bonchev–Trinajstić information content (AvgIpc) is 3.00. The molecule has 0 radical (unpaired) electrons. The predicted molar refractivity (Wildman–Crippen MR) is 139 cm³/mol. The van der Waals surface area contributed by atoms with E-state index in [1.807, 2.05) is 60.4 Å². The summed E-state index contributed by atoms with van der Waals surface area (Å²) in [6.07, 6.45) is 3.84. The summed E-state index contributed by atoms with van der Waals surface area (Å²) >= 11 is 12.2. The molecule has 0 aliphatic carbocycles. The molecule has 4 N–H and O–H groups in total. The van der Waals surface area contributed by atoms with Gasteiger partial charge in [-0.3, -0.25) is 4.79 Å². The lowest BCUT2D eigenvalue weighted by Gasteiger charge is -2.27. The molecule has 33 heavy (non-hydrogen) atoms. The van der Waals surface area contributed by atoms with Crippen LogP contribution in [0.5, 0.6) is 0 Å². The highest BCUT2D eigenvalue weighted by Crippen LogP contribution is 2.35. The van der Waals surface area contributed by atoms with Crippen LogP contribution in [0.1, 0.15) is 45.8 Å². The standard InChI is InChI=1S/C27H27Cl2N3O/c1-17-4-2-6-23(26(17)31)27(33)32-13-3-5-19(14-20-9-12-22(29)15-25(20)30)24(16-32)18-7-10-21(28)11-8-18/h2,4,6-12,14-15,24H,3,5,13,16,30-31H2,1H3/b19-14-. The maximum Gasteiger partial charge on any atom is 0.255 e. The molecule has 1 atom stereocenters. The molecule has 0 saturated carbocycles. The number of carbonyl (C=O) groups excluding carboxylic acids is 1. The fourth-order valence-corrected chi connectivity index (χ4v) is 4.67. The van der Waals surface area contributed by atoms with E-state index < -0.39 is 0 Å². The summed E-state index contributed by atoms with van der Waals surface area (Å²) in [5, 5.41) is 1.29. The van der Waals surface area contributed by atoms with Crippen molar-refractivity contribution < 1.29 is 4.79 Å². The van der Waals surface area contributed by atoms with E-state index in [9.17, 15) is 4.79 Å².